The lowest BCUT2D eigenvalue weighted by atomic mass is 10.2. The zero-order valence-electron chi connectivity index (χ0n) is 7.36. The van der Waals surface area contributed by atoms with E-state index < -0.39 is 0 Å². The Labute approximate surface area is 81.5 Å². The first kappa shape index (κ1) is 8.75. The summed E-state index contributed by atoms with van der Waals surface area (Å²) in [4.78, 5) is 11.2. The number of carbonyl (C=O) groups is 1. The normalized spacial score (nSPS) is 15.7. The number of esters is 1. The molecule has 0 N–H and O–H groups in total. The van der Waals surface area contributed by atoms with Crippen LogP contribution in [0.4, 0.5) is 0 Å². The van der Waals surface area contributed by atoms with E-state index in [-0.39, 0.29) is 5.97 Å². The van der Waals surface area contributed by atoms with Gasteiger partial charge in [-0.1, -0.05) is 0 Å². The molecule has 70 valence electrons. The number of hydrogen-bond donors (Lipinski definition) is 0. The summed E-state index contributed by atoms with van der Waals surface area (Å²) in [5.74, 6) is 0.566. The molecule has 2 rings (SSSR count). The maximum Gasteiger partial charge on any atom is 0.310 e. The van der Waals surface area contributed by atoms with Crippen molar-refractivity contribution in [1.82, 2.24) is 0 Å². The third-order valence-corrected chi connectivity index (χ3v) is 2.84. The van der Waals surface area contributed by atoms with E-state index in [1.165, 1.54) is 12.8 Å². The Morgan fingerprint density at radius 2 is 2.46 bits per heavy atom. The third kappa shape index (κ3) is 2.84. The van der Waals surface area contributed by atoms with Crippen molar-refractivity contribution < 1.29 is 9.53 Å². The Balaban J connectivity index is 1.71. The van der Waals surface area contributed by atoms with Crippen molar-refractivity contribution in [3.8, 4) is 0 Å². The molecule has 0 amide bonds. The van der Waals surface area contributed by atoms with Crippen LogP contribution in [0.15, 0.2) is 16.8 Å². The average Bonchev–Trinajstić information content (AvgIpc) is 2.82. The Morgan fingerprint density at radius 1 is 1.62 bits per heavy atom. The highest BCUT2D eigenvalue weighted by Gasteiger charge is 2.22. The van der Waals surface area contributed by atoms with Crippen LogP contribution in [0.5, 0.6) is 0 Å². The number of carbonyl (C=O) groups excluding carboxylic acids is 1. The summed E-state index contributed by atoms with van der Waals surface area (Å²) < 4.78 is 5.10. The lowest BCUT2D eigenvalue weighted by molar-refractivity contribution is -0.143. The van der Waals surface area contributed by atoms with Gasteiger partial charge >= 0.3 is 5.97 Å². The quantitative estimate of drug-likeness (QED) is 0.690. The zero-order valence-corrected chi connectivity index (χ0v) is 8.18. The van der Waals surface area contributed by atoms with Gasteiger partial charge in [0.2, 0.25) is 0 Å². The van der Waals surface area contributed by atoms with Crippen LogP contribution < -0.4 is 0 Å². The largest absolute Gasteiger partial charge is 0.465 e. The van der Waals surface area contributed by atoms with E-state index in [1.54, 1.807) is 11.3 Å². The van der Waals surface area contributed by atoms with Gasteiger partial charge in [0.1, 0.15) is 0 Å². The number of ether oxygens (including phenoxy) is 1. The second-order valence-electron chi connectivity index (χ2n) is 3.43. The standard InChI is InChI=1S/C10H12O2S/c11-10(12-6-8-1-2-8)5-9-3-4-13-7-9/h3-4,7-8H,1-2,5-6H2. The van der Waals surface area contributed by atoms with Crippen molar-refractivity contribution in [3.63, 3.8) is 0 Å². The molecule has 1 saturated carbocycles. The highest BCUT2D eigenvalue weighted by atomic mass is 32.1. The fourth-order valence-corrected chi connectivity index (χ4v) is 1.77. The number of rotatable bonds is 4. The molecule has 0 unspecified atom stereocenters. The molecule has 1 aliphatic rings. The van der Waals surface area contributed by atoms with Crippen LogP contribution in [0.3, 0.4) is 0 Å². The molecule has 0 aromatic carbocycles. The van der Waals surface area contributed by atoms with Crippen molar-refractivity contribution in [3.05, 3.63) is 22.4 Å². The van der Waals surface area contributed by atoms with Gasteiger partial charge in [0.15, 0.2) is 0 Å². The number of thiophene rings is 1. The molecule has 0 radical (unpaired) electrons. The van der Waals surface area contributed by atoms with Crippen molar-refractivity contribution in [2.45, 2.75) is 19.3 Å². The Kier molecular flexibility index (Phi) is 2.64. The van der Waals surface area contributed by atoms with Crippen LogP contribution in [-0.2, 0) is 16.0 Å². The van der Waals surface area contributed by atoms with E-state index in [9.17, 15) is 4.79 Å². The fraction of sp³-hybridized carbons (Fsp3) is 0.500. The molecule has 1 aromatic rings. The smallest absolute Gasteiger partial charge is 0.310 e. The molecule has 13 heavy (non-hydrogen) atoms. The molecular formula is C10H12O2S. The molecule has 0 aliphatic heterocycles. The fourth-order valence-electron chi connectivity index (χ4n) is 1.11. The summed E-state index contributed by atoms with van der Waals surface area (Å²) in [7, 11) is 0. The van der Waals surface area contributed by atoms with Crippen LogP contribution >= 0.6 is 11.3 Å². The van der Waals surface area contributed by atoms with E-state index >= 15 is 0 Å². The molecule has 0 saturated heterocycles. The molecule has 0 bridgehead atoms. The predicted molar refractivity (Wildman–Crippen MR) is 51.7 cm³/mol. The molecular weight excluding hydrogens is 184 g/mol. The monoisotopic (exact) mass is 196 g/mol. The van der Waals surface area contributed by atoms with E-state index in [0.29, 0.717) is 18.9 Å². The topological polar surface area (TPSA) is 26.3 Å². The summed E-state index contributed by atoms with van der Waals surface area (Å²) >= 11 is 1.61. The molecule has 2 nitrogen and oxygen atoms in total. The van der Waals surface area contributed by atoms with Gasteiger partial charge in [-0.2, -0.15) is 11.3 Å². The van der Waals surface area contributed by atoms with Gasteiger partial charge in [-0.25, -0.2) is 0 Å². The Bertz CT molecular complexity index is 275. The first-order chi connectivity index (χ1) is 6.34. The van der Waals surface area contributed by atoms with Gasteiger partial charge in [-0.05, 0) is 41.1 Å². The van der Waals surface area contributed by atoms with Gasteiger partial charge in [0.25, 0.3) is 0 Å². The average molecular weight is 196 g/mol. The molecule has 0 atom stereocenters. The highest BCUT2D eigenvalue weighted by Crippen LogP contribution is 2.28. The van der Waals surface area contributed by atoms with Gasteiger partial charge in [0.05, 0.1) is 13.0 Å². The number of hydrogen-bond acceptors (Lipinski definition) is 3. The molecule has 1 aromatic heterocycles. The Hall–Kier alpha value is -0.830. The van der Waals surface area contributed by atoms with Crippen molar-refractivity contribution in [2.24, 2.45) is 5.92 Å². The first-order valence-electron chi connectivity index (χ1n) is 4.51. The highest BCUT2D eigenvalue weighted by molar-refractivity contribution is 7.07. The summed E-state index contributed by atoms with van der Waals surface area (Å²) in [6.07, 6.45) is 2.88. The second-order valence-corrected chi connectivity index (χ2v) is 4.21. The van der Waals surface area contributed by atoms with E-state index in [0.717, 1.165) is 5.56 Å². The van der Waals surface area contributed by atoms with E-state index in [4.69, 9.17) is 4.74 Å². The van der Waals surface area contributed by atoms with Gasteiger partial charge < -0.3 is 4.74 Å². The minimum atomic E-state index is -0.0923. The summed E-state index contributed by atoms with van der Waals surface area (Å²) in [5.41, 5.74) is 1.06. The van der Waals surface area contributed by atoms with Crippen LogP contribution in [0.1, 0.15) is 18.4 Å². The van der Waals surface area contributed by atoms with Gasteiger partial charge in [0, 0.05) is 0 Å². The van der Waals surface area contributed by atoms with E-state index in [1.807, 2.05) is 16.8 Å². The maximum absolute atomic E-state index is 11.2. The molecule has 1 heterocycles. The van der Waals surface area contributed by atoms with Gasteiger partial charge in [-0.3, -0.25) is 4.79 Å². The molecule has 1 fully saturated rings. The predicted octanol–water partition coefficient (Wildman–Crippen LogP) is 2.24. The third-order valence-electron chi connectivity index (χ3n) is 2.11. The lowest BCUT2D eigenvalue weighted by Crippen LogP contribution is -2.09. The minimum absolute atomic E-state index is 0.0923. The minimum Gasteiger partial charge on any atom is -0.465 e. The van der Waals surface area contributed by atoms with Crippen molar-refractivity contribution in [2.75, 3.05) is 6.61 Å². The molecule has 1 aliphatic carbocycles. The van der Waals surface area contributed by atoms with Crippen LogP contribution in [0, 0.1) is 5.92 Å². The van der Waals surface area contributed by atoms with Crippen molar-refractivity contribution >= 4 is 17.3 Å². The van der Waals surface area contributed by atoms with Crippen LogP contribution in [0.25, 0.3) is 0 Å². The second kappa shape index (κ2) is 3.92. The molecule has 3 heteroatoms. The Morgan fingerprint density at radius 3 is 3.08 bits per heavy atom. The van der Waals surface area contributed by atoms with Gasteiger partial charge in [-0.15, -0.1) is 0 Å². The SMILES string of the molecule is O=C(Cc1ccsc1)OCC1CC1. The maximum atomic E-state index is 11.2. The lowest BCUT2D eigenvalue weighted by Gasteiger charge is -2.01. The molecule has 0 spiro atoms. The van der Waals surface area contributed by atoms with E-state index in [2.05, 4.69) is 0 Å². The first-order valence-corrected chi connectivity index (χ1v) is 5.45. The van der Waals surface area contributed by atoms with Crippen LogP contribution in [0.2, 0.25) is 0 Å². The zero-order chi connectivity index (χ0) is 9.10. The van der Waals surface area contributed by atoms with Crippen molar-refractivity contribution in [1.29, 1.82) is 0 Å². The summed E-state index contributed by atoms with van der Waals surface area (Å²) in [6.45, 7) is 0.628. The summed E-state index contributed by atoms with van der Waals surface area (Å²) in [6, 6.07) is 1.96. The summed E-state index contributed by atoms with van der Waals surface area (Å²) in [5, 5.41) is 3.96. The van der Waals surface area contributed by atoms with Crippen LogP contribution in [-0.4, -0.2) is 12.6 Å².